The van der Waals surface area contributed by atoms with Crippen LogP contribution in [-0.2, 0) is 18.4 Å². The quantitative estimate of drug-likeness (QED) is 0.669. The molecule has 28 heavy (non-hydrogen) atoms. The Hall–Kier alpha value is -3.55. The molecule has 0 bridgehead atoms. The maximum atomic E-state index is 12.7. The average Bonchev–Trinajstić information content (AvgIpc) is 3.13. The molecule has 1 unspecified atom stereocenters. The lowest BCUT2D eigenvalue weighted by Gasteiger charge is -2.21. The van der Waals surface area contributed by atoms with E-state index < -0.39 is 6.04 Å². The van der Waals surface area contributed by atoms with Gasteiger partial charge in [-0.2, -0.15) is 0 Å². The third-order valence-corrected chi connectivity index (χ3v) is 4.34. The van der Waals surface area contributed by atoms with Crippen LogP contribution in [0.2, 0.25) is 0 Å². The molecule has 8 nitrogen and oxygen atoms in total. The first kappa shape index (κ1) is 19.2. The van der Waals surface area contributed by atoms with E-state index in [9.17, 15) is 9.59 Å². The minimum atomic E-state index is -0.545. The van der Waals surface area contributed by atoms with Crippen molar-refractivity contribution >= 4 is 5.91 Å². The molecule has 1 aromatic carbocycles. The minimum Gasteiger partial charge on any atom is -0.497 e. The summed E-state index contributed by atoms with van der Waals surface area (Å²) in [6.07, 6.45) is 5.04. The molecule has 1 N–H and O–H groups in total. The lowest BCUT2D eigenvalue weighted by atomic mass is 10.0. The summed E-state index contributed by atoms with van der Waals surface area (Å²) in [6.45, 7) is -0.0955. The molecule has 0 aliphatic rings. The number of imidazole rings is 1. The maximum Gasteiger partial charge on any atom is 0.250 e. The van der Waals surface area contributed by atoms with E-state index in [2.05, 4.69) is 10.3 Å². The summed E-state index contributed by atoms with van der Waals surface area (Å²) < 4.78 is 13.9. The second kappa shape index (κ2) is 8.43. The predicted molar refractivity (Wildman–Crippen MR) is 103 cm³/mol. The minimum absolute atomic E-state index is 0.0955. The van der Waals surface area contributed by atoms with Crippen LogP contribution in [-0.4, -0.2) is 34.2 Å². The Labute approximate surface area is 162 Å². The first-order valence-corrected chi connectivity index (χ1v) is 8.67. The number of rotatable bonds is 7. The summed E-state index contributed by atoms with van der Waals surface area (Å²) in [5.41, 5.74) is 0.508. The van der Waals surface area contributed by atoms with Gasteiger partial charge in [-0.1, -0.05) is 6.07 Å². The molecular weight excluding hydrogens is 360 g/mol. The van der Waals surface area contributed by atoms with E-state index in [4.69, 9.17) is 9.47 Å². The van der Waals surface area contributed by atoms with Gasteiger partial charge in [0.2, 0.25) is 5.91 Å². The first-order chi connectivity index (χ1) is 13.5. The van der Waals surface area contributed by atoms with Crippen LogP contribution in [0.3, 0.4) is 0 Å². The fraction of sp³-hybridized carbons (Fsp3) is 0.250. The number of pyridine rings is 1. The third-order valence-electron chi connectivity index (χ3n) is 4.34. The molecule has 0 spiro atoms. The highest BCUT2D eigenvalue weighted by molar-refractivity contribution is 5.76. The van der Waals surface area contributed by atoms with Crippen molar-refractivity contribution in [2.24, 2.45) is 7.05 Å². The summed E-state index contributed by atoms with van der Waals surface area (Å²) in [4.78, 5) is 29.0. The smallest absolute Gasteiger partial charge is 0.250 e. The Balaban J connectivity index is 1.95. The average molecular weight is 382 g/mol. The third kappa shape index (κ3) is 4.22. The molecule has 0 aliphatic heterocycles. The summed E-state index contributed by atoms with van der Waals surface area (Å²) in [7, 11) is 4.98. The number of nitrogens with one attached hydrogen (secondary N) is 1. The van der Waals surface area contributed by atoms with Crippen LogP contribution < -0.4 is 20.3 Å². The predicted octanol–water partition coefficient (Wildman–Crippen LogP) is 1.50. The van der Waals surface area contributed by atoms with Gasteiger partial charge in [-0.15, -0.1) is 0 Å². The Morgan fingerprint density at radius 1 is 1.14 bits per heavy atom. The van der Waals surface area contributed by atoms with E-state index >= 15 is 0 Å². The van der Waals surface area contributed by atoms with Gasteiger partial charge in [0.15, 0.2) is 0 Å². The van der Waals surface area contributed by atoms with Crippen molar-refractivity contribution in [1.29, 1.82) is 0 Å². The number of ether oxygens (including phenoxy) is 2. The van der Waals surface area contributed by atoms with E-state index in [0.29, 0.717) is 17.3 Å². The second-order valence-corrected chi connectivity index (χ2v) is 6.21. The van der Waals surface area contributed by atoms with Gasteiger partial charge in [0.1, 0.15) is 29.9 Å². The number of aryl methyl sites for hydroxylation is 1. The number of methoxy groups -OCH3 is 2. The number of aromatic nitrogens is 3. The van der Waals surface area contributed by atoms with Crippen LogP contribution in [0.15, 0.2) is 59.8 Å². The van der Waals surface area contributed by atoms with Crippen LogP contribution in [0.4, 0.5) is 0 Å². The fourth-order valence-electron chi connectivity index (χ4n) is 2.90. The molecule has 2 aromatic heterocycles. The lowest BCUT2D eigenvalue weighted by molar-refractivity contribution is -0.122. The van der Waals surface area contributed by atoms with E-state index in [1.807, 2.05) is 23.7 Å². The molecule has 0 radical (unpaired) electrons. The van der Waals surface area contributed by atoms with Gasteiger partial charge >= 0.3 is 0 Å². The van der Waals surface area contributed by atoms with Crippen molar-refractivity contribution in [2.75, 3.05) is 14.2 Å². The normalized spacial score (nSPS) is 11.7. The van der Waals surface area contributed by atoms with Crippen molar-refractivity contribution in [3.05, 3.63) is 76.7 Å². The van der Waals surface area contributed by atoms with Crippen molar-refractivity contribution < 1.29 is 14.3 Å². The van der Waals surface area contributed by atoms with Crippen LogP contribution in [0.5, 0.6) is 11.5 Å². The van der Waals surface area contributed by atoms with Gasteiger partial charge < -0.3 is 23.9 Å². The van der Waals surface area contributed by atoms with E-state index in [1.165, 1.54) is 10.6 Å². The highest BCUT2D eigenvalue weighted by atomic mass is 16.5. The van der Waals surface area contributed by atoms with E-state index in [1.54, 1.807) is 51.0 Å². The molecule has 0 aliphatic carbocycles. The molecule has 146 valence electrons. The molecule has 0 saturated carbocycles. The molecule has 3 rings (SSSR count). The van der Waals surface area contributed by atoms with Gasteiger partial charge in [0.25, 0.3) is 5.56 Å². The molecular formula is C20H22N4O4. The maximum absolute atomic E-state index is 12.7. The van der Waals surface area contributed by atoms with Gasteiger partial charge in [-0.3, -0.25) is 9.59 Å². The number of hydrogen-bond donors (Lipinski definition) is 1. The summed E-state index contributed by atoms with van der Waals surface area (Å²) >= 11 is 0. The second-order valence-electron chi connectivity index (χ2n) is 6.21. The molecule has 0 fully saturated rings. The zero-order chi connectivity index (χ0) is 20.1. The van der Waals surface area contributed by atoms with Crippen LogP contribution in [0.25, 0.3) is 0 Å². The first-order valence-electron chi connectivity index (χ1n) is 8.67. The monoisotopic (exact) mass is 382 g/mol. The molecule has 0 saturated heterocycles. The highest BCUT2D eigenvalue weighted by Crippen LogP contribution is 2.29. The zero-order valence-corrected chi connectivity index (χ0v) is 16.0. The number of amides is 1. The summed E-state index contributed by atoms with van der Waals surface area (Å²) in [6, 6.07) is 9.60. The van der Waals surface area contributed by atoms with Crippen LogP contribution >= 0.6 is 0 Å². The van der Waals surface area contributed by atoms with Crippen molar-refractivity contribution in [3.63, 3.8) is 0 Å². The Kier molecular flexibility index (Phi) is 5.78. The largest absolute Gasteiger partial charge is 0.497 e. The van der Waals surface area contributed by atoms with Gasteiger partial charge in [0, 0.05) is 37.8 Å². The number of nitrogens with zero attached hydrogens (tertiary/aromatic N) is 3. The molecule has 1 amide bonds. The zero-order valence-electron chi connectivity index (χ0n) is 16.0. The number of benzene rings is 1. The van der Waals surface area contributed by atoms with Crippen molar-refractivity contribution in [2.45, 2.75) is 12.6 Å². The molecule has 3 aromatic rings. The number of carbonyl (C=O) groups is 1. The van der Waals surface area contributed by atoms with E-state index in [-0.39, 0.29) is 18.0 Å². The Morgan fingerprint density at radius 3 is 2.43 bits per heavy atom. The van der Waals surface area contributed by atoms with Crippen LogP contribution in [0, 0.1) is 0 Å². The van der Waals surface area contributed by atoms with Gasteiger partial charge in [-0.05, 0) is 23.8 Å². The fourth-order valence-corrected chi connectivity index (χ4v) is 2.90. The Morgan fingerprint density at radius 2 is 1.86 bits per heavy atom. The van der Waals surface area contributed by atoms with Crippen molar-refractivity contribution in [3.8, 4) is 11.5 Å². The number of hydrogen-bond acceptors (Lipinski definition) is 5. The molecule has 2 heterocycles. The highest BCUT2D eigenvalue weighted by Gasteiger charge is 2.22. The van der Waals surface area contributed by atoms with Gasteiger partial charge in [-0.25, -0.2) is 4.98 Å². The van der Waals surface area contributed by atoms with Crippen LogP contribution in [0.1, 0.15) is 17.4 Å². The summed E-state index contributed by atoms with van der Waals surface area (Å²) in [5, 5.41) is 2.96. The number of carbonyl (C=O) groups excluding carboxylic acids is 1. The van der Waals surface area contributed by atoms with E-state index in [0.717, 1.165) is 5.56 Å². The Bertz CT molecular complexity index is 1000. The van der Waals surface area contributed by atoms with Crippen molar-refractivity contribution in [1.82, 2.24) is 19.4 Å². The SMILES string of the molecule is COc1cc(OC)cc(C(NC(=O)Cn2ccccc2=O)c2nccn2C)c1. The molecule has 8 heteroatoms. The molecule has 1 atom stereocenters. The lowest BCUT2D eigenvalue weighted by Crippen LogP contribution is -2.35. The van der Waals surface area contributed by atoms with Gasteiger partial charge in [0.05, 0.1) is 14.2 Å². The topological polar surface area (TPSA) is 87.4 Å². The summed E-state index contributed by atoms with van der Waals surface area (Å²) in [5.74, 6) is 1.52. The standard InChI is InChI=1S/C20H22N4O4/c1-23-9-7-21-20(23)19(14-10-15(27-2)12-16(11-14)28-3)22-17(25)13-24-8-5-4-6-18(24)26/h4-12,19H,13H2,1-3H3,(H,22,25).